The lowest BCUT2D eigenvalue weighted by Crippen LogP contribution is -2.10. The number of hydrogen-bond acceptors (Lipinski definition) is 2. The second-order valence-electron chi connectivity index (χ2n) is 5.35. The first-order chi connectivity index (χ1) is 9.63. The molecule has 2 aromatic rings. The third-order valence-corrected chi connectivity index (χ3v) is 3.52. The van der Waals surface area contributed by atoms with Crippen LogP contribution >= 0.6 is 0 Å². The van der Waals surface area contributed by atoms with Crippen LogP contribution in [0.25, 0.3) is 0 Å². The molecule has 0 saturated heterocycles. The van der Waals surface area contributed by atoms with Crippen molar-refractivity contribution < 1.29 is 4.74 Å². The smallest absolute Gasteiger partial charge is 0.132 e. The molecular weight excluding hydrogens is 246 g/mol. The molecule has 0 aliphatic heterocycles. The maximum absolute atomic E-state index is 6.17. The Morgan fingerprint density at radius 3 is 1.95 bits per heavy atom. The van der Waals surface area contributed by atoms with Crippen molar-refractivity contribution in [3.63, 3.8) is 0 Å². The Bertz CT molecular complexity index is 563. The van der Waals surface area contributed by atoms with Gasteiger partial charge in [0.15, 0.2) is 0 Å². The molecule has 0 aliphatic carbocycles. The lowest BCUT2D eigenvalue weighted by Gasteiger charge is -2.18. The first-order valence-corrected chi connectivity index (χ1v) is 7.24. The van der Waals surface area contributed by atoms with Crippen molar-refractivity contribution in [2.45, 2.75) is 39.2 Å². The van der Waals surface area contributed by atoms with Crippen LogP contribution in [-0.4, -0.2) is 0 Å². The number of hydrogen-bond donors (Lipinski definition) is 1. The molecule has 0 amide bonds. The molecule has 2 aromatic carbocycles. The van der Waals surface area contributed by atoms with E-state index in [4.69, 9.17) is 10.5 Å². The maximum atomic E-state index is 6.17. The van der Waals surface area contributed by atoms with Crippen molar-refractivity contribution in [2.24, 2.45) is 5.73 Å². The van der Waals surface area contributed by atoms with Gasteiger partial charge in [0.05, 0.1) is 0 Å². The molecule has 0 aromatic heterocycles. The Morgan fingerprint density at radius 2 is 1.40 bits per heavy atom. The van der Waals surface area contributed by atoms with Gasteiger partial charge in [-0.3, -0.25) is 0 Å². The zero-order valence-corrected chi connectivity index (χ0v) is 12.5. The summed E-state index contributed by atoms with van der Waals surface area (Å²) in [7, 11) is 0. The molecule has 0 unspecified atom stereocenters. The van der Waals surface area contributed by atoms with Gasteiger partial charge in [-0.25, -0.2) is 0 Å². The molecule has 0 saturated carbocycles. The van der Waals surface area contributed by atoms with Crippen molar-refractivity contribution >= 4 is 0 Å². The van der Waals surface area contributed by atoms with Gasteiger partial charge in [0.1, 0.15) is 11.5 Å². The van der Waals surface area contributed by atoms with Crippen LogP contribution < -0.4 is 10.5 Å². The summed E-state index contributed by atoms with van der Waals surface area (Å²) >= 11 is 0. The van der Waals surface area contributed by atoms with E-state index in [-0.39, 0.29) is 6.04 Å². The van der Waals surface area contributed by atoms with Crippen molar-refractivity contribution in [2.75, 3.05) is 0 Å². The minimum Gasteiger partial charge on any atom is -0.457 e. The Labute approximate surface area is 121 Å². The third-order valence-electron chi connectivity index (χ3n) is 3.52. The van der Waals surface area contributed by atoms with E-state index >= 15 is 0 Å². The van der Waals surface area contributed by atoms with E-state index in [9.17, 15) is 0 Å². The highest BCUT2D eigenvalue weighted by Crippen LogP contribution is 2.34. The fourth-order valence-electron chi connectivity index (χ4n) is 2.27. The van der Waals surface area contributed by atoms with E-state index in [2.05, 4.69) is 26.8 Å². The molecule has 20 heavy (non-hydrogen) atoms. The van der Waals surface area contributed by atoms with E-state index < -0.39 is 0 Å². The van der Waals surface area contributed by atoms with Crippen LogP contribution in [0.5, 0.6) is 11.5 Å². The topological polar surface area (TPSA) is 35.2 Å². The highest BCUT2D eigenvalue weighted by atomic mass is 16.5. The second kappa shape index (κ2) is 6.58. The molecule has 0 fully saturated rings. The predicted octanol–water partition coefficient (Wildman–Crippen LogP) is 5.01. The SMILES string of the molecule is CC[C@@H](N)c1ccccc1Oc1ccccc1C(C)C. The first-order valence-electron chi connectivity index (χ1n) is 7.24. The zero-order valence-electron chi connectivity index (χ0n) is 12.5. The predicted molar refractivity (Wildman–Crippen MR) is 84.3 cm³/mol. The Hall–Kier alpha value is -1.80. The minimum absolute atomic E-state index is 0.0115. The van der Waals surface area contributed by atoms with Crippen LogP contribution in [0.4, 0.5) is 0 Å². The third kappa shape index (κ3) is 3.20. The molecule has 2 nitrogen and oxygen atoms in total. The van der Waals surface area contributed by atoms with E-state index in [0.29, 0.717) is 5.92 Å². The molecule has 0 spiro atoms. The molecule has 0 radical (unpaired) electrons. The number of benzene rings is 2. The van der Waals surface area contributed by atoms with Crippen molar-refractivity contribution in [3.8, 4) is 11.5 Å². The summed E-state index contributed by atoms with van der Waals surface area (Å²) < 4.78 is 6.14. The highest BCUT2D eigenvalue weighted by molar-refractivity contribution is 5.43. The highest BCUT2D eigenvalue weighted by Gasteiger charge is 2.13. The molecule has 0 heterocycles. The van der Waals surface area contributed by atoms with Crippen LogP contribution in [0.2, 0.25) is 0 Å². The van der Waals surface area contributed by atoms with Crippen LogP contribution in [-0.2, 0) is 0 Å². The van der Waals surface area contributed by atoms with E-state index in [0.717, 1.165) is 23.5 Å². The molecule has 106 valence electrons. The summed E-state index contributed by atoms with van der Waals surface area (Å²) in [5.41, 5.74) is 8.45. The Balaban J connectivity index is 2.36. The van der Waals surface area contributed by atoms with Gasteiger partial charge < -0.3 is 10.5 Å². The largest absolute Gasteiger partial charge is 0.457 e. The summed E-state index contributed by atoms with van der Waals surface area (Å²) in [5.74, 6) is 2.20. The van der Waals surface area contributed by atoms with Gasteiger partial charge >= 0.3 is 0 Å². The normalized spacial score (nSPS) is 12.4. The first kappa shape index (κ1) is 14.6. The summed E-state index contributed by atoms with van der Waals surface area (Å²) in [4.78, 5) is 0. The second-order valence-corrected chi connectivity index (χ2v) is 5.35. The number of rotatable bonds is 5. The maximum Gasteiger partial charge on any atom is 0.132 e. The van der Waals surface area contributed by atoms with Gasteiger partial charge in [0.25, 0.3) is 0 Å². The van der Waals surface area contributed by atoms with Gasteiger partial charge in [-0.2, -0.15) is 0 Å². The van der Waals surface area contributed by atoms with Crippen LogP contribution in [0.1, 0.15) is 50.3 Å². The summed E-state index contributed by atoms with van der Waals surface area (Å²) in [6.07, 6.45) is 0.895. The Kier molecular flexibility index (Phi) is 4.80. The van der Waals surface area contributed by atoms with Crippen LogP contribution in [0.15, 0.2) is 48.5 Å². The summed E-state index contributed by atoms with van der Waals surface area (Å²) in [6.45, 7) is 6.43. The summed E-state index contributed by atoms with van der Waals surface area (Å²) in [5, 5.41) is 0. The molecule has 2 rings (SSSR count). The molecule has 2 heteroatoms. The van der Waals surface area contributed by atoms with Crippen molar-refractivity contribution in [1.29, 1.82) is 0 Å². The van der Waals surface area contributed by atoms with Crippen LogP contribution in [0, 0.1) is 0 Å². The summed E-state index contributed by atoms with van der Waals surface area (Å²) in [6, 6.07) is 16.2. The average Bonchev–Trinajstić information content (AvgIpc) is 2.47. The van der Waals surface area contributed by atoms with E-state index in [1.165, 1.54) is 5.56 Å². The lowest BCUT2D eigenvalue weighted by molar-refractivity contribution is 0.460. The van der Waals surface area contributed by atoms with Crippen molar-refractivity contribution in [1.82, 2.24) is 0 Å². The van der Waals surface area contributed by atoms with Crippen LogP contribution in [0.3, 0.4) is 0 Å². The molecule has 0 aliphatic rings. The van der Waals surface area contributed by atoms with E-state index in [1.807, 2.05) is 42.5 Å². The molecular formula is C18H23NO. The van der Waals surface area contributed by atoms with Gasteiger partial charge in [-0.15, -0.1) is 0 Å². The zero-order chi connectivity index (χ0) is 14.5. The lowest BCUT2D eigenvalue weighted by atomic mass is 10.0. The number of para-hydroxylation sites is 2. The number of ether oxygens (including phenoxy) is 1. The molecule has 1 atom stereocenters. The fourth-order valence-corrected chi connectivity index (χ4v) is 2.27. The quantitative estimate of drug-likeness (QED) is 0.827. The standard InChI is InChI=1S/C18H23NO/c1-4-16(19)15-10-6-8-12-18(15)20-17-11-7-5-9-14(17)13(2)3/h5-13,16H,4,19H2,1-3H3/t16-/m1/s1. The molecule has 0 bridgehead atoms. The average molecular weight is 269 g/mol. The van der Waals surface area contributed by atoms with Gasteiger partial charge in [0.2, 0.25) is 0 Å². The van der Waals surface area contributed by atoms with Gasteiger partial charge in [-0.05, 0) is 30.0 Å². The molecule has 2 N–H and O–H groups in total. The van der Waals surface area contributed by atoms with Gasteiger partial charge in [-0.1, -0.05) is 57.2 Å². The fraction of sp³-hybridized carbons (Fsp3) is 0.333. The minimum atomic E-state index is 0.0115. The van der Waals surface area contributed by atoms with Gasteiger partial charge in [0, 0.05) is 11.6 Å². The monoisotopic (exact) mass is 269 g/mol. The van der Waals surface area contributed by atoms with E-state index in [1.54, 1.807) is 0 Å². The van der Waals surface area contributed by atoms with Crippen molar-refractivity contribution in [3.05, 3.63) is 59.7 Å². The Morgan fingerprint density at radius 1 is 0.900 bits per heavy atom. The number of nitrogens with two attached hydrogens (primary N) is 1.